The fourth-order valence-corrected chi connectivity index (χ4v) is 2.24. The standard InChI is InChI=1S/C11H23NO/c1-3-8-12(9-10-13-2)11-6-4-5-7-11/h11H,3-10H2,1-2H3. The Morgan fingerprint density at radius 1 is 1.23 bits per heavy atom. The maximum absolute atomic E-state index is 5.14. The molecular weight excluding hydrogens is 162 g/mol. The third kappa shape index (κ3) is 3.65. The van der Waals surface area contributed by atoms with Crippen molar-refractivity contribution in [1.82, 2.24) is 4.90 Å². The van der Waals surface area contributed by atoms with Crippen LogP contribution < -0.4 is 0 Å². The number of nitrogens with zero attached hydrogens (tertiary/aromatic N) is 1. The zero-order valence-electron chi connectivity index (χ0n) is 9.09. The second-order valence-electron chi connectivity index (χ2n) is 3.97. The molecule has 1 saturated carbocycles. The van der Waals surface area contributed by atoms with Crippen molar-refractivity contribution in [2.75, 3.05) is 26.8 Å². The van der Waals surface area contributed by atoms with Crippen LogP contribution in [-0.4, -0.2) is 37.7 Å². The van der Waals surface area contributed by atoms with Gasteiger partial charge in [-0.2, -0.15) is 0 Å². The van der Waals surface area contributed by atoms with Gasteiger partial charge in [0.05, 0.1) is 6.61 Å². The monoisotopic (exact) mass is 185 g/mol. The van der Waals surface area contributed by atoms with Crippen LogP contribution in [0.25, 0.3) is 0 Å². The molecular formula is C11H23NO. The van der Waals surface area contributed by atoms with E-state index in [1.54, 1.807) is 7.11 Å². The topological polar surface area (TPSA) is 12.5 Å². The van der Waals surface area contributed by atoms with Crippen molar-refractivity contribution >= 4 is 0 Å². The Hall–Kier alpha value is -0.0800. The first-order chi connectivity index (χ1) is 6.38. The third-order valence-corrected chi connectivity index (χ3v) is 2.93. The first kappa shape index (κ1) is 11.0. The summed E-state index contributed by atoms with van der Waals surface area (Å²) in [4.78, 5) is 2.61. The van der Waals surface area contributed by atoms with Crippen LogP contribution in [0.4, 0.5) is 0 Å². The molecule has 0 radical (unpaired) electrons. The summed E-state index contributed by atoms with van der Waals surface area (Å²) >= 11 is 0. The SMILES string of the molecule is CCCN(CCOC)C1CCCC1. The summed E-state index contributed by atoms with van der Waals surface area (Å²) in [6.07, 6.45) is 6.93. The lowest BCUT2D eigenvalue weighted by Gasteiger charge is -2.27. The van der Waals surface area contributed by atoms with Crippen molar-refractivity contribution in [3.05, 3.63) is 0 Å². The third-order valence-electron chi connectivity index (χ3n) is 2.93. The maximum atomic E-state index is 5.14. The van der Waals surface area contributed by atoms with Gasteiger partial charge in [0.1, 0.15) is 0 Å². The van der Waals surface area contributed by atoms with Gasteiger partial charge in [-0.05, 0) is 25.8 Å². The Bertz CT molecular complexity index is 121. The van der Waals surface area contributed by atoms with Crippen molar-refractivity contribution in [2.45, 2.75) is 45.1 Å². The first-order valence-electron chi connectivity index (χ1n) is 5.61. The van der Waals surface area contributed by atoms with Crippen molar-refractivity contribution in [2.24, 2.45) is 0 Å². The molecule has 0 aromatic carbocycles. The molecule has 2 heteroatoms. The van der Waals surface area contributed by atoms with E-state index in [0.717, 1.165) is 19.2 Å². The highest BCUT2D eigenvalue weighted by Crippen LogP contribution is 2.23. The molecule has 1 aliphatic rings. The summed E-state index contributed by atoms with van der Waals surface area (Å²) in [7, 11) is 1.79. The molecule has 1 aliphatic carbocycles. The lowest BCUT2D eigenvalue weighted by molar-refractivity contribution is 0.120. The molecule has 13 heavy (non-hydrogen) atoms. The maximum Gasteiger partial charge on any atom is 0.0589 e. The smallest absolute Gasteiger partial charge is 0.0589 e. The van der Waals surface area contributed by atoms with Gasteiger partial charge < -0.3 is 4.74 Å². The van der Waals surface area contributed by atoms with Crippen molar-refractivity contribution in [3.8, 4) is 0 Å². The van der Waals surface area contributed by atoms with Crippen LogP contribution in [0, 0.1) is 0 Å². The van der Waals surface area contributed by atoms with E-state index in [1.807, 2.05) is 0 Å². The highest BCUT2D eigenvalue weighted by Gasteiger charge is 2.21. The number of hydrogen-bond acceptors (Lipinski definition) is 2. The summed E-state index contributed by atoms with van der Waals surface area (Å²) in [5, 5.41) is 0. The number of rotatable bonds is 6. The van der Waals surface area contributed by atoms with Crippen molar-refractivity contribution in [3.63, 3.8) is 0 Å². The van der Waals surface area contributed by atoms with E-state index in [2.05, 4.69) is 11.8 Å². The lowest BCUT2D eigenvalue weighted by atomic mass is 10.2. The second-order valence-corrected chi connectivity index (χ2v) is 3.97. The van der Waals surface area contributed by atoms with E-state index in [0.29, 0.717) is 0 Å². The largest absolute Gasteiger partial charge is 0.383 e. The number of hydrogen-bond donors (Lipinski definition) is 0. The predicted molar refractivity (Wildman–Crippen MR) is 56.0 cm³/mol. The van der Waals surface area contributed by atoms with Crippen LogP contribution in [0.3, 0.4) is 0 Å². The minimum atomic E-state index is 0.857. The minimum absolute atomic E-state index is 0.857. The molecule has 0 heterocycles. The van der Waals surface area contributed by atoms with Crippen LogP contribution in [0.2, 0.25) is 0 Å². The van der Waals surface area contributed by atoms with Crippen molar-refractivity contribution < 1.29 is 4.74 Å². The Balaban J connectivity index is 2.26. The lowest BCUT2D eigenvalue weighted by Crippen LogP contribution is -2.36. The van der Waals surface area contributed by atoms with E-state index in [1.165, 1.54) is 38.6 Å². The van der Waals surface area contributed by atoms with Gasteiger partial charge in [-0.15, -0.1) is 0 Å². The summed E-state index contributed by atoms with van der Waals surface area (Å²) in [6, 6.07) is 0.857. The Morgan fingerprint density at radius 2 is 1.92 bits per heavy atom. The molecule has 0 saturated heterocycles. The average Bonchev–Trinajstić information content (AvgIpc) is 2.65. The second kappa shape index (κ2) is 6.39. The minimum Gasteiger partial charge on any atom is -0.383 e. The molecule has 78 valence electrons. The van der Waals surface area contributed by atoms with Gasteiger partial charge in [0.15, 0.2) is 0 Å². The molecule has 0 spiro atoms. The molecule has 0 amide bonds. The Kier molecular flexibility index (Phi) is 5.40. The summed E-state index contributed by atoms with van der Waals surface area (Å²) < 4.78 is 5.14. The molecule has 0 aromatic rings. The molecule has 0 bridgehead atoms. The molecule has 1 fully saturated rings. The first-order valence-corrected chi connectivity index (χ1v) is 5.61. The summed E-state index contributed by atoms with van der Waals surface area (Å²) in [5.41, 5.74) is 0. The van der Waals surface area contributed by atoms with Gasteiger partial charge >= 0.3 is 0 Å². The zero-order chi connectivity index (χ0) is 9.52. The van der Waals surface area contributed by atoms with Crippen LogP contribution in [0.5, 0.6) is 0 Å². The normalized spacial score (nSPS) is 18.7. The molecule has 0 aliphatic heterocycles. The van der Waals surface area contributed by atoms with Crippen LogP contribution in [-0.2, 0) is 4.74 Å². The molecule has 0 N–H and O–H groups in total. The van der Waals surface area contributed by atoms with Gasteiger partial charge in [0, 0.05) is 19.7 Å². The van der Waals surface area contributed by atoms with E-state index < -0.39 is 0 Å². The average molecular weight is 185 g/mol. The highest BCUT2D eigenvalue weighted by atomic mass is 16.5. The van der Waals surface area contributed by atoms with E-state index in [-0.39, 0.29) is 0 Å². The summed E-state index contributed by atoms with van der Waals surface area (Å²) in [6.45, 7) is 5.51. The Morgan fingerprint density at radius 3 is 2.46 bits per heavy atom. The molecule has 2 nitrogen and oxygen atoms in total. The fourth-order valence-electron chi connectivity index (χ4n) is 2.24. The summed E-state index contributed by atoms with van der Waals surface area (Å²) in [5.74, 6) is 0. The van der Waals surface area contributed by atoms with Crippen LogP contribution in [0.15, 0.2) is 0 Å². The van der Waals surface area contributed by atoms with Gasteiger partial charge in [-0.1, -0.05) is 19.8 Å². The molecule has 1 rings (SSSR count). The van der Waals surface area contributed by atoms with E-state index in [9.17, 15) is 0 Å². The van der Waals surface area contributed by atoms with E-state index in [4.69, 9.17) is 4.74 Å². The van der Waals surface area contributed by atoms with Crippen molar-refractivity contribution in [1.29, 1.82) is 0 Å². The predicted octanol–water partition coefficient (Wildman–Crippen LogP) is 2.29. The van der Waals surface area contributed by atoms with Gasteiger partial charge in [-0.25, -0.2) is 0 Å². The van der Waals surface area contributed by atoms with Gasteiger partial charge in [0.25, 0.3) is 0 Å². The van der Waals surface area contributed by atoms with Crippen LogP contribution >= 0.6 is 0 Å². The Labute approximate surface area is 82.3 Å². The highest BCUT2D eigenvalue weighted by molar-refractivity contribution is 4.76. The van der Waals surface area contributed by atoms with Gasteiger partial charge in [0.2, 0.25) is 0 Å². The molecule has 0 atom stereocenters. The zero-order valence-corrected chi connectivity index (χ0v) is 9.09. The number of ether oxygens (including phenoxy) is 1. The van der Waals surface area contributed by atoms with Gasteiger partial charge in [-0.3, -0.25) is 4.90 Å². The van der Waals surface area contributed by atoms with Crippen LogP contribution in [0.1, 0.15) is 39.0 Å². The van der Waals surface area contributed by atoms with E-state index >= 15 is 0 Å². The number of methoxy groups -OCH3 is 1. The molecule has 0 unspecified atom stereocenters. The fraction of sp³-hybridized carbons (Fsp3) is 1.00. The quantitative estimate of drug-likeness (QED) is 0.629. The molecule has 0 aromatic heterocycles.